The molecule has 0 aromatic carbocycles. The molecule has 1 aliphatic carbocycles. The molecule has 2 aliphatic rings. The summed E-state index contributed by atoms with van der Waals surface area (Å²) in [5, 5.41) is 4.60. The van der Waals surface area contributed by atoms with E-state index >= 15 is 0 Å². The largest absolute Gasteiger partial charge is 0.377 e. The molecule has 1 unspecified atom stereocenters. The van der Waals surface area contributed by atoms with Crippen molar-refractivity contribution in [3.63, 3.8) is 0 Å². The van der Waals surface area contributed by atoms with E-state index in [0.717, 1.165) is 42.0 Å². The van der Waals surface area contributed by atoms with Crippen molar-refractivity contribution in [3.05, 3.63) is 11.4 Å². The lowest BCUT2D eigenvalue weighted by Crippen LogP contribution is -2.11. The Bertz CT molecular complexity index is 485. The number of anilines is 1. The first-order chi connectivity index (χ1) is 10.3. The Kier molecular flexibility index (Phi) is 5.01. The van der Waals surface area contributed by atoms with Gasteiger partial charge < -0.3 is 10.1 Å². The lowest BCUT2D eigenvalue weighted by molar-refractivity contribution is 0.129. The van der Waals surface area contributed by atoms with Gasteiger partial charge >= 0.3 is 0 Å². The van der Waals surface area contributed by atoms with Crippen molar-refractivity contribution < 1.29 is 4.74 Å². The van der Waals surface area contributed by atoms with Gasteiger partial charge in [-0.05, 0) is 39.0 Å². The van der Waals surface area contributed by atoms with Gasteiger partial charge in [0.05, 0.1) is 6.10 Å². The van der Waals surface area contributed by atoms with E-state index in [4.69, 9.17) is 14.7 Å². The monoisotopic (exact) mass is 307 g/mol. The summed E-state index contributed by atoms with van der Waals surface area (Å²) in [5.41, 5.74) is 1.19. The molecule has 21 heavy (non-hydrogen) atoms. The van der Waals surface area contributed by atoms with Gasteiger partial charge in [-0.3, -0.25) is 0 Å². The highest BCUT2D eigenvalue weighted by atomic mass is 32.2. The van der Waals surface area contributed by atoms with Gasteiger partial charge in [0.1, 0.15) is 16.7 Å². The van der Waals surface area contributed by atoms with Crippen LogP contribution in [0.15, 0.2) is 5.03 Å². The smallest absolute Gasteiger partial charge is 0.135 e. The number of aromatic nitrogens is 2. The predicted octanol–water partition coefficient (Wildman–Crippen LogP) is 3.76. The number of nitrogens with zero attached hydrogens (tertiary/aromatic N) is 2. The molecule has 1 aromatic rings. The third-order valence-corrected chi connectivity index (χ3v) is 5.24. The third-order valence-electron chi connectivity index (χ3n) is 4.03. The maximum atomic E-state index is 5.72. The highest BCUT2D eigenvalue weighted by Gasteiger charge is 2.28. The Morgan fingerprint density at radius 3 is 2.81 bits per heavy atom. The number of thioether (sulfide) groups is 1. The summed E-state index contributed by atoms with van der Waals surface area (Å²) < 4.78 is 5.72. The molecule has 1 saturated carbocycles. The summed E-state index contributed by atoms with van der Waals surface area (Å²) in [6.45, 7) is 6.20. The SMILES string of the molecule is CCCNc1nc(C2CC2)nc(SCC2CCCO2)c1C. The topological polar surface area (TPSA) is 47.0 Å². The number of hydrogen-bond donors (Lipinski definition) is 1. The molecule has 5 heteroatoms. The molecule has 116 valence electrons. The second kappa shape index (κ2) is 6.97. The maximum Gasteiger partial charge on any atom is 0.135 e. The molecule has 1 atom stereocenters. The maximum absolute atomic E-state index is 5.72. The Morgan fingerprint density at radius 2 is 2.14 bits per heavy atom. The Hall–Kier alpha value is -0.810. The van der Waals surface area contributed by atoms with Gasteiger partial charge in [0.15, 0.2) is 0 Å². The van der Waals surface area contributed by atoms with Crippen LogP contribution < -0.4 is 5.32 Å². The van der Waals surface area contributed by atoms with Crippen LogP contribution in [0.5, 0.6) is 0 Å². The molecular weight excluding hydrogens is 282 g/mol. The van der Waals surface area contributed by atoms with Crippen LogP contribution in [0, 0.1) is 6.92 Å². The predicted molar refractivity (Wildman–Crippen MR) is 87.2 cm³/mol. The van der Waals surface area contributed by atoms with Crippen LogP contribution in [0.4, 0.5) is 5.82 Å². The van der Waals surface area contributed by atoms with Crippen LogP contribution in [0.2, 0.25) is 0 Å². The van der Waals surface area contributed by atoms with Crippen molar-refractivity contribution in [1.29, 1.82) is 0 Å². The zero-order valence-corrected chi connectivity index (χ0v) is 13.8. The van der Waals surface area contributed by atoms with Gasteiger partial charge in [-0.2, -0.15) is 0 Å². The molecule has 2 fully saturated rings. The summed E-state index contributed by atoms with van der Waals surface area (Å²) >= 11 is 1.84. The lowest BCUT2D eigenvalue weighted by Gasteiger charge is -2.14. The molecule has 1 N–H and O–H groups in total. The zero-order valence-electron chi connectivity index (χ0n) is 13.0. The highest BCUT2D eigenvalue weighted by Crippen LogP contribution is 2.40. The molecule has 0 spiro atoms. The van der Waals surface area contributed by atoms with Crippen molar-refractivity contribution in [2.45, 2.75) is 63.0 Å². The minimum absolute atomic E-state index is 0.404. The standard InChI is InChI=1S/C16H25N3OS/c1-3-8-17-14-11(2)16(19-15(18-14)12-6-7-12)21-10-13-5-4-9-20-13/h12-13H,3-10H2,1-2H3,(H,17,18,19). The molecule has 4 nitrogen and oxygen atoms in total. The first-order valence-electron chi connectivity index (χ1n) is 8.14. The second-order valence-corrected chi connectivity index (χ2v) is 7.02. The Labute approximate surface area is 131 Å². The number of ether oxygens (including phenoxy) is 1. The fourth-order valence-electron chi connectivity index (χ4n) is 2.54. The first-order valence-corrected chi connectivity index (χ1v) is 9.13. The molecule has 2 heterocycles. The van der Waals surface area contributed by atoms with E-state index in [-0.39, 0.29) is 0 Å². The second-order valence-electron chi connectivity index (χ2n) is 6.01. The van der Waals surface area contributed by atoms with Crippen LogP contribution in [-0.4, -0.2) is 35.0 Å². The average molecular weight is 307 g/mol. The van der Waals surface area contributed by atoms with E-state index < -0.39 is 0 Å². The number of rotatable bonds is 7. The summed E-state index contributed by atoms with van der Waals surface area (Å²) in [7, 11) is 0. The van der Waals surface area contributed by atoms with Crippen molar-refractivity contribution in [2.24, 2.45) is 0 Å². The van der Waals surface area contributed by atoms with Crippen molar-refractivity contribution >= 4 is 17.6 Å². The van der Waals surface area contributed by atoms with Gasteiger partial charge in [-0.25, -0.2) is 9.97 Å². The van der Waals surface area contributed by atoms with Gasteiger partial charge in [0.2, 0.25) is 0 Å². The first kappa shape index (κ1) is 15.1. The van der Waals surface area contributed by atoms with E-state index in [0.29, 0.717) is 12.0 Å². The quantitative estimate of drug-likeness (QED) is 0.614. The van der Waals surface area contributed by atoms with Crippen LogP contribution in [0.25, 0.3) is 0 Å². The van der Waals surface area contributed by atoms with Crippen LogP contribution in [0.1, 0.15) is 56.3 Å². The van der Waals surface area contributed by atoms with Crippen LogP contribution in [0.3, 0.4) is 0 Å². The Balaban J connectivity index is 1.74. The van der Waals surface area contributed by atoms with Crippen molar-refractivity contribution in [2.75, 3.05) is 24.2 Å². The zero-order chi connectivity index (χ0) is 14.7. The molecule has 3 rings (SSSR count). The third kappa shape index (κ3) is 3.89. The minimum atomic E-state index is 0.404. The summed E-state index contributed by atoms with van der Waals surface area (Å²) in [4.78, 5) is 9.57. The van der Waals surface area contributed by atoms with Crippen LogP contribution in [-0.2, 0) is 4.74 Å². The van der Waals surface area contributed by atoms with Gasteiger partial charge in [0, 0.05) is 30.4 Å². The Morgan fingerprint density at radius 1 is 1.29 bits per heavy atom. The number of hydrogen-bond acceptors (Lipinski definition) is 5. The molecule has 1 saturated heterocycles. The van der Waals surface area contributed by atoms with E-state index in [9.17, 15) is 0 Å². The fourth-order valence-corrected chi connectivity index (χ4v) is 3.62. The van der Waals surface area contributed by atoms with Crippen LogP contribution >= 0.6 is 11.8 Å². The molecule has 0 radical (unpaired) electrons. The summed E-state index contributed by atoms with van der Waals surface area (Å²) in [6.07, 6.45) is 6.39. The molecule has 1 aliphatic heterocycles. The molecule has 0 bridgehead atoms. The van der Waals surface area contributed by atoms with E-state index in [2.05, 4.69) is 19.2 Å². The molecule has 1 aromatic heterocycles. The van der Waals surface area contributed by atoms with Gasteiger partial charge in [0.25, 0.3) is 0 Å². The van der Waals surface area contributed by atoms with E-state index in [1.165, 1.54) is 31.2 Å². The fraction of sp³-hybridized carbons (Fsp3) is 0.750. The van der Waals surface area contributed by atoms with Crippen molar-refractivity contribution in [3.8, 4) is 0 Å². The normalized spacial score (nSPS) is 21.7. The summed E-state index contributed by atoms with van der Waals surface area (Å²) in [5.74, 6) is 3.67. The van der Waals surface area contributed by atoms with Gasteiger partial charge in [-0.1, -0.05) is 6.92 Å². The molecule has 0 amide bonds. The van der Waals surface area contributed by atoms with Crippen molar-refractivity contribution in [1.82, 2.24) is 9.97 Å². The van der Waals surface area contributed by atoms with E-state index in [1.54, 1.807) is 0 Å². The molecular formula is C16H25N3OS. The minimum Gasteiger partial charge on any atom is -0.377 e. The highest BCUT2D eigenvalue weighted by molar-refractivity contribution is 7.99. The van der Waals surface area contributed by atoms with Gasteiger partial charge in [-0.15, -0.1) is 11.8 Å². The van der Waals surface area contributed by atoms with E-state index in [1.807, 2.05) is 11.8 Å². The average Bonchev–Trinajstić information content (AvgIpc) is 3.21. The lowest BCUT2D eigenvalue weighted by atomic mass is 10.3. The summed E-state index contributed by atoms with van der Waals surface area (Å²) in [6, 6.07) is 0. The number of nitrogens with one attached hydrogen (secondary N) is 1.